The second-order valence-electron chi connectivity index (χ2n) is 7.20. The Hall–Kier alpha value is -2.91. The lowest BCUT2D eigenvalue weighted by Gasteiger charge is -2.20. The molecule has 2 aromatic carbocycles. The molecule has 0 aromatic heterocycles. The van der Waals surface area contributed by atoms with Gasteiger partial charge in [-0.1, -0.05) is 18.9 Å². The maximum absolute atomic E-state index is 12.9. The third kappa shape index (κ3) is 6.05. The number of hydrogen-bond acceptors (Lipinski definition) is 6. The van der Waals surface area contributed by atoms with Crippen molar-refractivity contribution in [2.24, 2.45) is 0 Å². The molecule has 0 radical (unpaired) electrons. The summed E-state index contributed by atoms with van der Waals surface area (Å²) in [6, 6.07) is 12.4. The summed E-state index contributed by atoms with van der Waals surface area (Å²) in [7, 11) is -2.11. The normalized spacial score (nSPS) is 15.0. The molecule has 166 valence electrons. The van der Waals surface area contributed by atoms with Gasteiger partial charge in [-0.05, 0) is 55.3 Å². The molecular formula is C22H26N2O6S. The van der Waals surface area contributed by atoms with Crippen LogP contribution in [0.4, 0.5) is 5.69 Å². The molecule has 1 heterocycles. The summed E-state index contributed by atoms with van der Waals surface area (Å²) in [6.07, 6.45) is 3.74. The molecule has 2 aromatic rings. The lowest BCUT2D eigenvalue weighted by molar-refractivity contribution is -0.119. The second-order valence-corrected chi connectivity index (χ2v) is 9.14. The van der Waals surface area contributed by atoms with Gasteiger partial charge >= 0.3 is 5.97 Å². The van der Waals surface area contributed by atoms with E-state index in [0.29, 0.717) is 30.1 Å². The van der Waals surface area contributed by atoms with E-state index in [1.807, 2.05) is 0 Å². The van der Waals surface area contributed by atoms with E-state index in [4.69, 9.17) is 9.47 Å². The van der Waals surface area contributed by atoms with Crippen molar-refractivity contribution in [3.05, 3.63) is 54.1 Å². The lowest BCUT2D eigenvalue weighted by Crippen LogP contribution is -2.32. The van der Waals surface area contributed by atoms with Crippen LogP contribution in [0, 0.1) is 0 Å². The van der Waals surface area contributed by atoms with Gasteiger partial charge in [-0.15, -0.1) is 0 Å². The molecular weight excluding hydrogens is 420 g/mol. The Bertz CT molecular complexity index is 1010. The van der Waals surface area contributed by atoms with Crippen LogP contribution in [0.2, 0.25) is 0 Å². The number of ether oxygens (including phenoxy) is 2. The number of methoxy groups -OCH3 is 1. The van der Waals surface area contributed by atoms with Crippen molar-refractivity contribution in [2.45, 2.75) is 30.6 Å². The first-order valence-corrected chi connectivity index (χ1v) is 11.6. The summed E-state index contributed by atoms with van der Waals surface area (Å²) < 4.78 is 37.4. The van der Waals surface area contributed by atoms with E-state index in [0.717, 1.165) is 25.7 Å². The van der Waals surface area contributed by atoms with Crippen LogP contribution < -0.4 is 10.1 Å². The molecule has 0 unspecified atom stereocenters. The van der Waals surface area contributed by atoms with Crippen molar-refractivity contribution in [1.82, 2.24) is 4.31 Å². The van der Waals surface area contributed by atoms with Gasteiger partial charge in [0.25, 0.3) is 5.91 Å². The van der Waals surface area contributed by atoms with Crippen molar-refractivity contribution in [2.75, 3.05) is 32.1 Å². The number of benzene rings is 2. The highest BCUT2D eigenvalue weighted by Gasteiger charge is 2.25. The van der Waals surface area contributed by atoms with Crippen molar-refractivity contribution >= 4 is 27.6 Å². The summed E-state index contributed by atoms with van der Waals surface area (Å²) in [6.45, 7) is 0.508. The molecule has 0 bridgehead atoms. The Morgan fingerprint density at radius 1 is 1.00 bits per heavy atom. The summed E-state index contributed by atoms with van der Waals surface area (Å²) in [5.74, 6) is -0.606. The molecule has 0 saturated carbocycles. The number of esters is 1. The molecule has 1 amide bonds. The summed E-state index contributed by atoms with van der Waals surface area (Å²) in [4.78, 5) is 24.4. The molecule has 31 heavy (non-hydrogen) atoms. The molecule has 1 aliphatic rings. The minimum Gasteiger partial charge on any atom is -0.497 e. The van der Waals surface area contributed by atoms with Crippen molar-refractivity contribution < 1.29 is 27.5 Å². The average Bonchev–Trinajstić information content (AvgIpc) is 3.08. The van der Waals surface area contributed by atoms with Crippen LogP contribution in [-0.2, 0) is 19.6 Å². The first-order valence-electron chi connectivity index (χ1n) is 10.1. The first kappa shape index (κ1) is 22.8. The topological polar surface area (TPSA) is 102 Å². The van der Waals surface area contributed by atoms with E-state index in [1.165, 1.54) is 35.7 Å². The highest BCUT2D eigenvalue weighted by Crippen LogP contribution is 2.22. The van der Waals surface area contributed by atoms with Crippen LogP contribution in [-0.4, -0.2) is 51.4 Å². The molecule has 1 aliphatic heterocycles. The molecule has 3 rings (SSSR count). The van der Waals surface area contributed by atoms with Gasteiger partial charge < -0.3 is 14.8 Å². The Morgan fingerprint density at radius 3 is 2.32 bits per heavy atom. The van der Waals surface area contributed by atoms with Gasteiger partial charge in [-0.2, -0.15) is 4.31 Å². The molecule has 0 spiro atoms. The first-order chi connectivity index (χ1) is 14.9. The van der Waals surface area contributed by atoms with Crippen LogP contribution >= 0.6 is 0 Å². The van der Waals surface area contributed by atoms with E-state index in [1.54, 1.807) is 24.3 Å². The van der Waals surface area contributed by atoms with Gasteiger partial charge in [-0.25, -0.2) is 13.2 Å². The SMILES string of the molecule is COc1ccc(C(=O)OCC(=O)Nc2cccc(S(=O)(=O)N3CCCCCC3)c2)cc1. The number of rotatable bonds is 7. The van der Waals surface area contributed by atoms with Crippen molar-refractivity contribution in [3.63, 3.8) is 0 Å². The standard InChI is InChI=1S/C22H26N2O6S/c1-29-19-11-9-17(10-12-19)22(26)30-16-21(25)23-18-7-6-8-20(15-18)31(27,28)24-13-4-2-3-5-14-24/h6-12,15H,2-5,13-14,16H2,1H3,(H,23,25). The number of carbonyl (C=O) groups excluding carboxylic acids is 2. The van der Waals surface area contributed by atoms with Crippen LogP contribution in [0.5, 0.6) is 5.75 Å². The van der Waals surface area contributed by atoms with Gasteiger partial charge in [0.05, 0.1) is 17.6 Å². The third-order valence-corrected chi connectivity index (χ3v) is 6.88. The maximum Gasteiger partial charge on any atom is 0.338 e. The zero-order valence-electron chi connectivity index (χ0n) is 17.4. The fourth-order valence-electron chi connectivity index (χ4n) is 3.30. The smallest absolute Gasteiger partial charge is 0.338 e. The molecule has 8 nitrogen and oxygen atoms in total. The van der Waals surface area contributed by atoms with Gasteiger partial charge in [0.15, 0.2) is 6.61 Å². The zero-order chi connectivity index (χ0) is 22.3. The fraction of sp³-hybridized carbons (Fsp3) is 0.364. The largest absolute Gasteiger partial charge is 0.497 e. The van der Waals surface area contributed by atoms with Crippen molar-refractivity contribution in [3.8, 4) is 5.75 Å². The number of sulfonamides is 1. The van der Waals surface area contributed by atoms with Crippen LogP contribution in [0.25, 0.3) is 0 Å². The molecule has 9 heteroatoms. The number of nitrogens with one attached hydrogen (secondary N) is 1. The quantitative estimate of drug-likeness (QED) is 0.656. The van der Waals surface area contributed by atoms with Crippen LogP contribution in [0.1, 0.15) is 36.0 Å². The molecule has 0 atom stereocenters. The molecule has 1 fully saturated rings. The Labute approximate surface area is 182 Å². The zero-order valence-corrected chi connectivity index (χ0v) is 18.2. The number of anilines is 1. The maximum atomic E-state index is 12.9. The fourth-order valence-corrected chi connectivity index (χ4v) is 4.87. The van der Waals surface area contributed by atoms with Gasteiger partial charge in [0.2, 0.25) is 10.0 Å². The minimum atomic E-state index is -3.62. The van der Waals surface area contributed by atoms with Gasteiger partial charge in [-0.3, -0.25) is 4.79 Å². The molecule has 1 N–H and O–H groups in total. The Balaban J connectivity index is 1.59. The summed E-state index contributed by atoms with van der Waals surface area (Å²) in [5, 5.41) is 2.58. The van der Waals surface area contributed by atoms with Gasteiger partial charge in [0.1, 0.15) is 5.75 Å². The predicted octanol–water partition coefficient (Wildman–Crippen LogP) is 3.06. The number of carbonyl (C=O) groups is 2. The van der Waals surface area contributed by atoms with Gasteiger partial charge in [0, 0.05) is 18.8 Å². The Morgan fingerprint density at radius 2 is 1.68 bits per heavy atom. The Kier molecular flexibility index (Phi) is 7.64. The second kappa shape index (κ2) is 10.4. The highest BCUT2D eigenvalue weighted by molar-refractivity contribution is 7.89. The highest BCUT2D eigenvalue weighted by atomic mass is 32.2. The van der Waals surface area contributed by atoms with E-state index >= 15 is 0 Å². The van der Waals surface area contributed by atoms with Crippen molar-refractivity contribution in [1.29, 1.82) is 0 Å². The average molecular weight is 447 g/mol. The molecule has 1 saturated heterocycles. The number of amides is 1. The summed E-state index contributed by atoms with van der Waals surface area (Å²) >= 11 is 0. The lowest BCUT2D eigenvalue weighted by atomic mass is 10.2. The van der Waals surface area contributed by atoms with E-state index < -0.39 is 28.5 Å². The third-order valence-electron chi connectivity index (χ3n) is 4.98. The summed E-state index contributed by atoms with van der Waals surface area (Å²) in [5.41, 5.74) is 0.612. The monoisotopic (exact) mass is 446 g/mol. The van der Waals surface area contributed by atoms with E-state index in [2.05, 4.69) is 5.32 Å². The van der Waals surface area contributed by atoms with Crippen LogP contribution in [0.15, 0.2) is 53.4 Å². The predicted molar refractivity (Wildman–Crippen MR) is 116 cm³/mol. The molecule has 0 aliphatic carbocycles. The number of nitrogens with zero attached hydrogens (tertiary/aromatic N) is 1. The van der Waals surface area contributed by atoms with Crippen LogP contribution in [0.3, 0.4) is 0 Å². The van der Waals surface area contributed by atoms with E-state index in [-0.39, 0.29) is 4.90 Å². The number of hydrogen-bond donors (Lipinski definition) is 1. The van der Waals surface area contributed by atoms with E-state index in [9.17, 15) is 18.0 Å². The minimum absolute atomic E-state index is 0.127.